The van der Waals surface area contributed by atoms with Crippen LogP contribution in [0.2, 0.25) is 10.0 Å². The fraction of sp³-hybridized carbons (Fsp3) is 0.0769. The summed E-state index contributed by atoms with van der Waals surface area (Å²) in [5.74, 6) is -0.524. The van der Waals surface area contributed by atoms with Crippen LogP contribution in [-0.2, 0) is 0 Å². The summed E-state index contributed by atoms with van der Waals surface area (Å²) in [6, 6.07) is 11.2. The van der Waals surface area contributed by atoms with Gasteiger partial charge in [0, 0.05) is 5.56 Å². The molecule has 0 bridgehead atoms. The van der Waals surface area contributed by atoms with E-state index < -0.39 is 11.9 Å². The van der Waals surface area contributed by atoms with Crippen LogP contribution < -0.4 is 0 Å². The highest BCUT2D eigenvalue weighted by molar-refractivity contribution is 6.36. The van der Waals surface area contributed by atoms with Crippen molar-refractivity contribution in [3.8, 4) is 0 Å². The molecular weight excluding hydrogens is 262 g/mol. The Kier molecular flexibility index (Phi) is 3.67. The molecule has 2 rings (SSSR count). The fourth-order valence-electron chi connectivity index (χ4n) is 1.62. The molecule has 4 heteroatoms. The second kappa shape index (κ2) is 5.05. The van der Waals surface area contributed by atoms with Gasteiger partial charge in [0.15, 0.2) is 0 Å². The first-order valence-corrected chi connectivity index (χ1v) is 5.72. The van der Waals surface area contributed by atoms with E-state index in [0.29, 0.717) is 11.1 Å². The molecule has 2 aromatic carbocycles. The third-order valence-corrected chi connectivity index (χ3v) is 3.06. The van der Waals surface area contributed by atoms with Crippen LogP contribution in [0.25, 0.3) is 0 Å². The van der Waals surface area contributed by atoms with Crippen LogP contribution in [0.15, 0.2) is 42.5 Å². The van der Waals surface area contributed by atoms with E-state index in [9.17, 15) is 9.50 Å². The minimum atomic E-state index is -0.961. The fourth-order valence-corrected chi connectivity index (χ4v) is 2.28. The van der Waals surface area contributed by atoms with Crippen LogP contribution in [0.5, 0.6) is 0 Å². The highest BCUT2D eigenvalue weighted by atomic mass is 35.5. The lowest BCUT2D eigenvalue weighted by Crippen LogP contribution is -2.01. The predicted molar refractivity (Wildman–Crippen MR) is 66.9 cm³/mol. The number of aliphatic hydroxyl groups is 1. The Bertz CT molecular complexity index is 505. The summed E-state index contributed by atoms with van der Waals surface area (Å²) in [5.41, 5.74) is 0.976. The van der Waals surface area contributed by atoms with Crippen molar-refractivity contribution in [1.29, 1.82) is 0 Å². The lowest BCUT2D eigenvalue weighted by Gasteiger charge is -2.14. The van der Waals surface area contributed by atoms with Gasteiger partial charge in [-0.3, -0.25) is 0 Å². The smallest absolute Gasteiger partial charge is 0.126 e. The minimum absolute atomic E-state index is 0.117. The molecule has 1 N–H and O–H groups in total. The lowest BCUT2D eigenvalue weighted by molar-refractivity contribution is 0.220. The van der Waals surface area contributed by atoms with Gasteiger partial charge in [-0.2, -0.15) is 0 Å². The van der Waals surface area contributed by atoms with Crippen molar-refractivity contribution in [2.75, 3.05) is 0 Å². The SMILES string of the molecule is OC(c1ccccc1)c1c(Cl)cc(F)cc1Cl. The first kappa shape index (κ1) is 12.4. The molecule has 0 aliphatic carbocycles. The lowest BCUT2D eigenvalue weighted by atomic mass is 10.0. The van der Waals surface area contributed by atoms with Gasteiger partial charge in [-0.15, -0.1) is 0 Å². The molecule has 0 aromatic heterocycles. The highest BCUT2D eigenvalue weighted by Crippen LogP contribution is 2.34. The van der Waals surface area contributed by atoms with Gasteiger partial charge in [-0.1, -0.05) is 53.5 Å². The molecular formula is C13H9Cl2FO. The summed E-state index contributed by atoms with van der Waals surface area (Å²) in [6.07, 6.45) is -0.961. The van der Waals surface area contributed by atoms with E-state index in [0.717, 1.165) is 12.1 Å². The van der Waals surface area contributed by atoms with Crippen LogP contribution in [0.4, 0.5) is 4.39 Å². The van der Waals surface area contributed by atoms with Gasteiger partial charge in [0.1, 0.15) is 11.9 Å². The van der Waals surface area contributed by atoms with Crippen molar-refractivity contribution >= 4 is 23.2 Å². The Morgan fingerprint density at radius 2 is 1.53 bits per heavy atom. The average molecular weight is 271 g/mol. The summed E-state index contributed by atoms with van der Waals surface area (Å²) >= 11 is 11.8. The number of hydrogen-bond acceptors (Lipinski definition) is 1. The molecule has 1 nitrogen and oxygen atoms in total. The van der Waals surface area contributed by atoms with E-state index in [1.54, 1.807) is 24.3 Å². The maximum Gasteiger partial charge on any atom is 0.126 e. The van der Waals surface area contributed by atoms with Crippen LogP contribution in [0.1, 0.15) is 17.2 Å². The van der Waals surface area contributed by atoms with Crippen LogP contribution in [0.3, 0.4) is 0 Å². The van der Waals surface area contributed by atoms with E-state index in [1.807, 2.05) is 6.07 Å². The molecule has 0 fully saturated rings. The summed E-state index contributed by atoms with van der Waals surface area (Å²) in [7, 11) is 0. The molecule has 0 saturated heterocycles. The van der Waals surface area contributed by atoms with Crippen molar-refractivity contribution in [2.45, 2.75) is 6.10 Å². The standard InChI is InChI=1S/C13H9Cl2FO/c14-10-6-9(16)7-11(15)12(10)13(17)8-4-2-1-3-5-8/h1-7,13,17H. The Hall–Kier alpha value is -1.09. The predicted octanol–water partition coefficient (Wildman–Crippen LogP) is 4.21. The monoisotopic (exact) mass is 270 g/mol. The van der Waals surface area contributed by atoms with Gasteiger partial charge in [-0.25, -0.2) is 4.39 Å². The molecule has 0 aliphatic heterocycles. The maximum absolute atomic E-state index is 13.0. The summed E-state index contributed by atoms with van der Waals surface area (Å²) < 4.78 is 13.0. The molecule has 0 saturated carbocycles. The maximum atomic E-state index is 13.0. The average Bonchev–Trinajstić information content (AvgIpc) is 2.28. The van der Waals surface area contributed by atoms with Gasteiger partial charge in [0.25, 0.3) is 0 Å². The van der Waals surface area contributed by atoms with Crippen molar-refractivity contribution in [3.05, 3.63) is 69.5 Å². The Balaban J connectivity index is 2.48. The molecule has 0 aliphatic rings. The molecule has 2 aromatic rings. The molecule has 1 unspecified atom stereocenters. The van der Waals surface area contributed by atoms with Crippen molar-refractivity contribution in [1.82, 2.24) is 0 Å². The zero-order valence-electron chi connectivity index (χ0n) is 8.70. The van der Waals surface area contributed by atoms with Crippen LogP contribution in [-0.4, -0.2) is 5.11 Å². The largest absolute Gasteiger partial charge is 0.384 e. The molecule has 0 spiro atoms. The number of halogens is 3. The normalized spacial score (nSPS) is 12.5. The Labute approximate surface area is 108 Å². The molecule has 17 heavy (non-hydrogen) atoms. The van der Waals surface area contributed by atoms with E-state index >= 15 is 0 Å². The molecule has 0 heterocycles. The second-order valence-corrected chi connectivity index (χ2v) is 4.41. The molecule has 0 radical (unpaired) electrons. The molecule has 1 atom stereocenters. The van der Waals surface area contributed by atoms with Crippen molar-refractivity contribution < 1.29 is 9.50 Å². The van der Waals surface area contributed by atoms with Crippen molar-refractivity contribution in [3.63, 3.8) is 0 Å². The third-order valence-electron chi connectivity index (χ3n) is 2.43. The summed E-state index contributed by atoms with van der Waals surface area (Å²) in [5, 5.41) is 10.4. The van der Waals surface area contributed by atoms with E-state index in [4.69, 9.17) is 23.2 Å². The number of hydrogen-bond donors (Lipinski definition) is 1. The zero-order valence-corrected chi connectivity index (χ0v) is 10.2. The quantitative estimate of drug-likeness (QED) is 0.867. The second-order valence-electron chi connectivity index (χ2n) is 3.60. The van der Waals surface area contributed by atoms with Crippen molar-refractivity contribution in [2.24, 2.45) is 0 Å². The van der Waals surface area contributed by atoms with Gasteiger partial charge in [0.2, 0.25) is 0 Å². The Morgan fingerprint density at radius 1 is 1.00 bits per heavy atom. The Morgan fingerprint density at radius 3 is 2.06 bits per heavy atom. The first-order valence-electron chi connectivity index (χ1n) is 4.97. The van der Waals surface area contributed by atoms with E-state index in [1.165, 1.54) is 0 Å². The minimum Gasteiger partial charge on any atom is -0.384 e. The number of aliphatic hydroxyl groups excluding tert-OH is 1. The van der Waals surface area contributed by atoms with E-state index in [-0.39, 0.29) is 10.0 Å². The number of rotatable bonds is 2. The van der Waals surface area contributed by atoms with Gasteiger partial charge in [0.05, 0.1) is 10.0 Å². The highest BCUT2D eigenvalue weighted by Gasteiger charge is 2.18. The number of benzene rings is 2. The first-order chi connectivity index (χ1) is 8.09. The van der Waals surface area contributed by atoms with E-state index in [2.05, 4.69) is 0 Å². The molecule has 88 valence electrons. The van der Waals surface area contributed by atoms with Gasteiger partial charge >= 0.3 is 0 Å². The summed E-state index contributed by atoms with van der Waals surface area (Å²) in [6.45, 7) is 0. The summed E-state index contributed by atoms with van der Waals surface area (Å²) in [4.78, 5) is 0. The van der Waals surface area contributed by atoms with Gasteiger partial charge < -0.3 is 5.11 Å². The zero-order chi connectivity index (χ0) is 12.4. The van der Waals surface area contributed by atoms with Crippen LogP contribution >= 0.6 is 23.2 Å². The van der Waals surface area contributed by atoms with Gasteiger partial charge in [-0.05, 0) is 17.7 Å². The molecule has 0 amide bonds. The van der Waals surface area contributed by atoms with Crippen LogP contribution in [0, 0.1) is 5.82 Å². The third kappa shape index (κ3) is 2.60. The topological polar surface area (TPSA) is 20.2 Å².